The minimum absolute atomic E-state index is 0.130. The molecule has 0 saturated heterocycles. The number of amidine groups is 1. The summed E-state index contributed by atoms with van der Waals surface area (Å²) >= 11 is 0. The van der Waals surface area contributed by atoms with Crippen LogP contribution in [0.1, 0.15) is 37.7 Å². The molecule has 0 bridgehead atoms. The lowest BCUT2D eigenvalue weighted by Crippen LogP contribution is -2.30. The second-order valence-corrected chi connectivity index (χ2v) is 10.4. The number of nitrogens with two attached hydrogens (primary N) is 2. The first kappa shape index (κ1) is 22.8. The zero-order chi connectivity index (χ0) is 22.6. The summed E-state index contributed by atoms with van der Waals surface area (Å²) in [4.78, 5) is 16.3. The molecule has 31 heavy (non-hydrogen) atoms. The highest BCUT2D eigenvalue weighted by molar-refractivity contribution is 7.93. The van der Waals surface area contributed by atoms with E-state index in [-0.39, 0.29) is 48.1 Å². The van der Waals surface area contributed by atoms with Crippen LogP contribution in [-0.4, -0.2) is 48.5 Å². The molecule has 1 aromatic rings. The molecule has 0 atom stereocenters. The smallest absolute Gasteiger partial charge is 0.319 e. The van der Waals surface area contributed by atoms with Crippen LogP contribution in [0.15, 0.2) is 53.3 Å². The van der Waals surface area contributed by atoms with Gasteiger partial charge in [-0.2, -0.15) is 0 Å². The Bertz CT molecular complexity index is 1010. The Morgan fingerprint density at radius 1 is 1.26 bits per heavy atom. The third-order valence-electron chi connectivity index (χ3n) is 5.25. The summed E-state index contributed by atoms with van der Waals surface area (Å²) in [5.74, 6) is -0.0125. The number of sulfone groups is 1. The average Bonchev–Trinajstić information content (AvgIpc) is 3.60. The molecule has 2 fully saturated rings. The van der Waals surface area contributed by atoms with Gasteiger partial charge < -0.3 is 27.2 Å². The summed E-state index contributed by atoms with van der Waals surface area (Å²) < 4.78 is 24.6. The minimum atomic E-state index is -3.55. The lowest BCUT2D eigenvalue weighted by Gasteiger charge is -2.18. The van der Waals surface area contributed by atoms with Crippen LogP contribution in [0, 0.1) is 0 Å². The van der Waals surface area contributed by atoms with Gasteiger partial charge in [0.25, 0.3) is 0 Å². The number of aliphatic hydroxyl groups is 1. The van der Waals surface area contributed by atoms with Crippen LogP contribution >= 0.6 is 0 Å². The first-order valence-electron chi connectivity index (χ1n) is 10.2. The highest BCUT2D eigenvalue weighted by atomic mass is 32.2. The van der Waals surface area contributed by atoms with Crippen molar-refractivity contribution in [2.24, 2.45) is 16.5 Å². The standard InChI is InChI=1S/C21H29N5O4S/c1-14(22)13-18(21(9-10-21)31(29,30)12-2-11-27)26-19(23)15-3-5-16(6-4-15)24-20(28)25-17-7-8-17/h3-6,13,17,27H,1-2,7-12,22H2,(H2,23,26)(H2,24,25,28)/b18-13-. The normalized spacial score (nSPS) is 18.4. The predicted octanol–water partition coefficient (Wildman–Crippen LogP) is 1.36. The number of aliphatic hydroxyl groups excluding tert-OH is 1. The van der Waals surface area contributed by atoms with E-state index < -0.39 is 14.6 Å². The number of hydrogen-bond acceptors (Lipinski definition) is 6. The fourth-order valence-corrected chi connectivity index (χ4v) is 5.28. The number of carbonyl (C=O) groups excluding carboxylic acids is 1. The number of anilines is 1. The van der Waals surface area contributed by atoms with Crippen LogP contribution in [0.25, 0.3) is 0 Å². The second kappa shape index (κ2) is 9.11. The molecule has 2 aliphatic rings. The fourth-order valence-electron chi connectivity index (χ4n) is 3.23. The Labute approximate surface area is 182 Å². The Balaban J connectivity index is 1.79. The average molecular weight is 448 g/mol. The van der Waals surface area contributed by atoms with Crippen molar-refractivity contribution in [3.8, 4) is 0 Å². The van der Waals surface area contributed by atoms with Gasteiger partial charge in [0.05, 0.1) is 11.4 Å². The first-order chi connectivity index (χ1) is 14.7. The van der Waals surface area contributed by atoms with E-state index in [0.717, 1.165) is 12.8 Å². The molecular formula is C21H29N5O4S. The van der Waals surface area contributed by atoms with Gasteiger partial charge in [-0.3, -0.25) is 0 Å². The van der Waals surface area contributed by atoms with E-state index in [1.807, 2.05) is 0 Å². The van der Waals surface area contributed by atoms with E-state index in [0.29, 0.717) is 24.1 Å². The van der Waals surface area contributed by atoms with Gasteiger partial charge in [0.15, 0.2) is 9.84 Å². The number of nitrogens with zero attached hydrogens (tertiary/aromatic N) is 1. The van der Waals surface area contributed by atoms with Crippen molar-refractivity contribution in [3.63, 3.8) is 0 Å². The molecular weight excluding hydrogens is 418 g/mol. The third-order valence-corrected chi connectivity index (χ3v) is 7.89. The largest absolute Gasteiger partial charge is 0.399 e. The van der Waals surface area contributed by atoms with E-state index in [1.165, 1.54) is 6.08 Å². The molecule has 0 unspecified atom stereocenters. The summed E-state index contributed by atoms with van der Waals surface area (Å²) in [5.41, 5.74) is 13.5. The van der Waals surface area contributed by atoms with E-state index in [4.69, 9.17) is 16.6 Å². The van der Waals surface area contributed by atoms with E-state index in [2.05, 4.69) is 22.2 Å². The zero-order valence-corrected chi connectivity index (χ0v) is 18.1. The summed E-state index contributed by atoms with van der Waals surface area (Å²) in [6.07, 6.45) is 4.42. The number of urea groups is 1. The molecule has 0 radical (unpaired) electrons. The molecule has 0 heterocycles. The van der Waals surface area contributed by atoms with Gasteiger partial charge in [0, 0.05) is 29.6 Å². The molecule has 2 amide bonds. The number of nitrogens with one attached hydrogen (secondary N) is 2. The summed E-state index contributed by atoms with van der Waals surface area (Å²) in [6, 6.07) is 6.78. The maximum absolute atomic E-state index is 12.9. The molecule has 0 spiro atoms. The maximum atomic E-state index is 12.9. The Morgan fingerprint density at radius 2 is 1.90 bits per heavy atom. The number of rotatable bonds is 10. The molecule has 3 rings (SSSR count). The Hall–Kier alpha value is -2.85. The summed E-state index contributed by atoms with van der Waals surface area (Å²) in [6.45, 7) is 3.43. The van der Waals surface area contributed by atoms with Gasteiger partial charge in [0.1, 0.15) is 10.6 Å². The number of hydrogen-bond donors (Lipinski definition) is 5. The quantitative estimate of drug-likeness (QED) is 0.207. The van der Waals surface area contributed by atoms with Crippen LogP contribution in [0.2, 0.25) is 0 Å². The lowest BCUT2D eigenvalue weighted by molar-refractivity contribution is 0.251. The molecule has 1 aromatic carbocycles. The molecule has 2 saturated carbocycles. The van der Waals surface area contributed by atoms with Crippen molar-refractivity contribution in [2.75, 3.05) is 17.7 Å². The van der Waals surface area contributed by atoms with E-state index in [9.17, 15) is 13.2 Å². The molecule has 0 aromatic heterocycles. The fraction of sp³-hybridized carbons (Fsp3) is 0.429. The predicted molar refractivity (Wildman–Crippen MR) is 121 cm³/mol. The highest BCUT2D eigenvalue weighted by Crippen LogP contribution is 2.50. The van der Waals surface area contributed by atoms with E-state index >= 15 is 0 Å². The summed E-state index contributed by atoms with van der Waals surface area (Å²) in [5, 5.41) is 14.6. The Morgan fingerprint density at radius 3 is 2.42 bits per heavy atom. The maximum Gasteiger partial charge on any atom is 0.319 e. The third kappa shape index (κ3) is 5.65. The van der Waals surface area contributed by atoms with Gasteiger partial charge in [-0.05, 0) is 62.4 Å². The lowest BCUT2D eigenvalue weighted by atomic mass is 10.2. The molecule has 0 aliphatic heterocycles. The van der Waals surface area contributed by atoms with Gasteiger partial charge in [-0.25, -0.2) is 18.2 Å². The summed E-state index contributed by atoms with van der Waals surface area (Å²) in [7, 11) is -3.55. The van der Waals surface area contributed by atoms with Crippen LogP contribution in [0.4, 0.5) is 10.5 Å². The van der Waals surface area contributed by atoms with Crippen molar-refractivity contribution >= 4 is 27.4 Å². The van der Waals surface area contributed by atoms with Gasteiger partial charge in [-0.1, -0.05) is 6.58 Å². The number of allylic oxidation sites excluding steroid dienone is 1. The molecule has 2 aliphatic carbocycles. The van der Waals surface area contributed by atoms with Crippen molar-refractivity contribution in [2.45, 2.75) is 42.9 Å². The van der Waals surface area contributed by atoms with Crippen LogP contribution in [0.5, 0.6) is 0 Å². The zero-order valence-electron chi connectivity index (χ0n) is 17.3. The number of benzene rings is 1. The van der Waals surface area contributed by atoms with Crippen molar-refractivity contribution < 1.29 is 18.3 Å². The number of aliphatic imine (C=N–C) groups is 1. The van der Waals surface area contributed by atoms with Crippen LogP contribution < -0.4 is 22.1 Å². The topological polar surface area (TPSA) is 160 Å². The molecule has 9 nitrogen and oxygen atoms in total. The van der Waals surface area contributed by atoms with Crippen molar-refractivity contribution in [1.82, 2.24) is 5.32 Å². The van der Waals surface area contributed by atoms with Gasteiger partial charge in [0.2, 0.25) is 0 Å². The Kier molecular flexibility index (Phi) is 6.71. The molecule has 168 valence electrons. The SMILES string of the molecule is C=C(N)/C=C(\N=C(/N)c1ccc(NC(=O)NC2CC2)cc1)C1(S(=O)(=O)CCCO)CC1. The minimum Gasteiger partial charge on any atom is -0.399 e. The first-order valence-corrected chi connectivity index (χ1v) is 11.8. The van der Waals surface area contributed by atoms with Crippen molar-refractivity contribution in [1.29, 1.82) is 0 Å². The highest BCUT2D eigenvalue weighted by Gasteiger charge is 2.57. The van der Waals surface area contributed by atoms with Crippen molar-refractivity contribution in [3.05, 3.63) is 53.9 Å². The van der Waals surface area contributed by atoms with Gasteiger partial charge >= 0.3 is 6.03 Å². The molecule has 7 N–H and O–H groups in total. The molecule has 10 heteroatoms. The monoisotopic (exact) mass is 447 g/mol. The number of amides is 2. The van der Waals surface area contributed by atoms with Crippen LogP contribution in [0.3, 0.4) is 0 Å². The van der Waals surface area contributed by atoms with E-state index in [1.54, 1.807) is 24.3 Å². The number of carbonyl (C=O) groups is 1. The van der Waals surface area contributed by atoms with Crippen LogP contribution in [-0.2, 0) is 9.84 Å². The second-order valence-electron chi connectivity index (χ2n) is 7.94. The van der Waals surface area contributed by atoms with Gasteiger partial charge in [-0.15, -0.1) is 0 Å².